The fourth-order valence-corrected chi connectivity index (χ4v) is 2.09. The van der Waals surface area contributed by atoms with Gasteiger partial charge in [-0.2, -0.15) is 0 Å². The van der Waals surface area contributed by atoms with Crippen molar-refractivity contribution in [1.29, 1.82) is 0 Å². The quantitative estimate of drug-likeness (QED) is 0.833. The summed E-state index contributed by atoms with van der Waals surface area (Å²) in [5, 5.41) is 10.4. The molecule has 0 aliphatic heterocycles. The van der Waals surface area contributed by atoms with Gasteiger partial charge < -0.3 is 9.90 Å². The van der Waals surface area contributed by atoms with Crippen LogP contribution in [-0.4, -0.2) is 11.4 Å². The molecule has 2 heteroatoms. The van der Waals surface area contributed by atoms with Gasteiger partial charge in [-0.3, -0.25) is 0 Å². The predicted molar refractivity (Wildman–Crippen MR) is 72.1 cm³/mol. The van der Waals surface area contributed by atoms with Crippen molar-refractivity contribution in [2.75, 3.05) is 0 Å². The highest BCUT2D eigenvalue weighted by Gasteiger charge is 2.25. The van der Waals surface area contributed by atoms with Crippen molar-refractivity contribution >= 4 is 6.29 Å². The van der Waals surface area contributed by atoms with E-state index >= 15 is 0 Å². The second-order valence-corrected chi connectivity index (χ2v) is 4.56. The molecule has 0 radical (unpaired) electrons. The van der Waals surface area contributed by atoms with E-state index in [0.29, 0.717) is 0 Å². The maximum atomic E-state index is 10.7. The number of aliphatic hydroxyl groups is 1. The van der Waals surface area contributed by atoms with Crippen molar-refractivity contribution in [3.8, 4) is 11.1 Å². The smallest absolute Gasteiger partial charge is 0.123 e. The molecule has 1 unspecified atom stereocenters. The maximum absolute atomic E-state index is 10.7. The van der Waals surface area contributed by atoms with Crippen LogP contribution in [0.4, 0.5) is 0 Å². The zero-order valence-corrected chi connectivity index (χ0v) is 10.3. The van der Waals surface area contributed by atoms with Crippen molar-refractivity contribution < 1.29 is 9.90 Å². The van der Waals surface area contributed by atoms with Crippen molar-refractivity contribution in [1.82, 2.24) is 0 Å². The minimum absolute atomic E-state index is 0.0941. The summed E-state index contributed by atoms with van der Waals surface area (Å²) in [6, 6.07) is 17.5. The molecule has 2 aromatic rings. The van der Waals surface area contributed by atoms with Crippen molar-refractivity contribution in [3.63, 3.8) is 0 Å². The molecule has 0 amide bonds. The Kier molecular flexibility index (Phi) is 3.58. The second-order valence-electron chi connectivity index (χ2n) is 4.56. The Balaban J connectivity index is 2.53. The zero-order chi connectivity index (χ0) is 13.0. The van der Waals surface area contributed by atoms with Crippen LogP contribution < -0.4 is 0 Å². The van der Waals surface area contributed by atoms with Gasteiger partial charge in [0.2, 0.25) is 0 Å². The van der Waals surface area contributed by atoms with E-state index in [1.165, 1.54) is 0 Å². The van der Waals surface area contributed by atoms with Gasteiger partial charge in [0.05, 0.1) is 5.60 Å². The first-order valence-corrected chi connectivity index (χ1v) is 5.96. The van der Waals surface area contributed by atoms with Gasteiger partial charge in [-0.05, 0) is 23.6 Å². The number of hydrogen-bond acceptors (Lipinski definition) is 2. The highest BCUT2D eigenvalue weighted by atomic mass is 16.3. The van der Waals surface area contributed by atoms with Gasteiger partial charge in [0.15, 0.2) is 0 Å². The Morgan fingerprint density at radius 3 is 2.33 bits per heavy atom. The van der Waals surface area contributed by atoms with E-state index in [2.05, 4.69) is 0 Å². The summed E-state index contributed by atoms with van der Waals surface area (Å²) >= 11 is 0. The molecule has 0 aromatic heterocycles. The number of aldehydes is 1. The summed E-state index contributed by atoms with van der Waals surface area (Å²) in [6.07, 6.45) is 0.846. The number of carbonyl (C=O) groups excluding carboxylic acids is 1. The SMILES string of the molecule is CC(O)(CC=O)c1ccccc1-c1ccccc1. The van der Waals surface area contributed by atoms with E-state index in [0.717, 1.165) is 23.0 Å². The fourth-order valence-electron chi connectivity index (χ4n) is 2.09. The van der Waals surface area contributed by atoms with E-state index in [1.54, 1.807) is 6.92 Å². The highest BCUT2D eigenvalue weighted by Crippen LogP contribution is 2.33. The average Bonchev–Trinajstić information content (AvgIpc) is 2.40. The number of rotatable bonds is 4. The van der Waals surface area contributed by atoms with Gasteiger partial charge in [0, 0.05) is 6.42 Å². The lowest BCUT2D eigenvalue weighted by Gasteiger charge is -2.24. The van der Waals surface area contributed by atoms with Gasteiger partial charge in [0.25, 0.3) is 0 Å². The molecule has 92 valence electrons. The first-order chi connectivity index (χ1) is 8.65. The van der Waals surface area contributed by atoms with Crippen molar-refractivity contribution in [2.24, 2.45) is 0 Å². The van der Waals surface area contributed by atoms with Crippen molar-refractivity contribution in [2.45, 2.75) is 18.9 Å². The Hall–Kier alpha value is -1.93. The lowest BCUT2D eigenvalue weighted by molar-refractivity contribution is -0.112. The Bertz CT molecular complexity index is 530. The molecule has 0 saturated carbocycles. The topological polar surface area (TPSA) is 37.3 Å². The molecule has 0 heterocycles. The third kappa shape index (κ3) is 2.49. The van der Waals surface area contributed by atoms with Crippen LogP contribution in [0.2, 0.25) is 0 Å². The van der Waals surface area contributed by atoms with E-state index in [-0.39, 0.29) is 6.42 Å². The molecule has 0 bridgehead atoms. The summed E-state index contributed by atoms with van der Waals surface area (Å²) < 4.78 is 0. The van der Waals surface area contributed by atoms with Crippen LogP contribution in [-0.2, 0) is 10.4 Å². The number of benzene rings is 2. The van der Waals surface area contributed by atoms with E-state index < -0.39 is 5.60 Å². The van der Waals surface area contributed by atoms with Crippen LogP contribution in [0.15, 0.2) is 54.6 Å². The van der Waals surface area contributed by atoms with Crippen LogP contribution in [0.5, 0.6) is 0 Å². The Labute approximate surface area is 107 Å². The molecule has 2 nitrogen and oxygen atoms in total. The van der Waals surface area contributed by atoms with Crippen LogP contribution in [0.25, 0.3) is 11.1 Å². The summed E-state index contributed by atoms with van der Waals surface area (Å²) in [5.74, 6) is 0. The molecule has 0 saturated heterocycles. The summed E-state index contributed by atoms with van der Waals surface area (Å²) in [6.45, 7) is 1.67. The molecule has 18 heavy (non-hydrogen) atoms. The van der Waals surface area contributed by atoms with E-state index in [9.17, 15) is 9.90 Å². The predicted octanol–water partition coefficient (Wildman–Crippen LogP) is 3.15. The van der Waals surface area contributed by atoms with Gasteiger partial charge >= 0.3 is 0 Å². The molecule has 1 N–H and O–H groups in total. The maximum Gasteiger partial charge on any atom is 0.123 e. The third-order valence-corrected chi connectivity index (χ3v) is 3.07. The highest BCUT2D eigenvalue weighted by molar-refractivity contribution is 5.69. The van der Waals surface area contributed by atoms with Crippen LogP contribution in [0.3, 0.4) is 0 Å². The Morgan fingerprint density at radius 2 is 1.67 bits per heavy atom. The van der Waals surface area contributed by atoms with Crippen LogP contribution in [0, 0.1) is 0 Å². The summed E-state index contributed by atoms with van der Waals surface area (Å²) in [5.41, 5.74) is 1.65. The average molecular weight is 240 g/mol. The normalized spacial score (nSPS) is 13.9. The molecule has 1 atom stereocenters. The number of hydrogen-bond donors (Lipinski definition) is 1. The standard InChI is InChI=1S/C16H16O2/c1-16(18,11-12-17)15-10-6-5-9-14(15)13-7-3-2-4-8-13/h2-10,12,18H,11H2,1H3. The molecule has 2 aromatic carbocycles. The second kappa shape index (κ2) is 5.15. The van der Waals surface area contributed by atoms with Gasteiger partial charge in [0.1, 0.15) is 6.29 Å². The molecular formula is C16H16O2. The van der Waals surface area contributed by atoms with Crippen molar-refractivity contribution in [3.05, 3.63) is 60.2 Å². The lowest BCUT2D eigenvalue weighted by Crippen LogP contribution is -2.22. The fraction of sp³-hybridized carbons (Fsp3) is 0.188. The van der Waals surface area contributed by atoms with E-state index in [4.69, 9.17) is 0 Å². The lowest BCUT2D eigenvalue weighted by atomic mass is 9.86. The van der Waals surface area contributed by atoms with E-state index in [1.807, 2.05) is 54.6 Å². The number of carbonyl (C=O) groups is 1. The minimum Gasteiger partial charge on any atom is -0.385 e. The largest absolute Gasteiger partial charge is 0.385 e. The Morgan fingerprint density at radius 1 is 1.06 bits per heavy atom. The van der Waals surface area contributed by atoms with Gasteiger partial charge in [-0.1, -0.05) is 54.6 Å². The molecule has 0 aliphatic carbocycles. The zero-order valence-electron chi connectivity index (χ0n) is 10.3. The van der Waals surface area contributed by atoms with Crippen LogP contribution >= 0.6 is 0 Å². The molecule has 2 rings (SSSR count). The molecule has 0 aliphatic rings. The van der Waals surface area contributed by atoms with Gasteiger partial charge in [-0.15, -0.1) is 0 Å². The van der Waals surface area contributed by atoms with Crippen LogP contribution in [0.1, 0.15) is 18.9 Å². The first-order valence-electron chi connectivity index (χ1n) is 5.96. The van der Waals surface area contributed by atoms with Gasteiger partial charge in [-0.25, -0.2) is 0 Å². The molecular weight excluding hydrogens is 224 g/mol. The third-order valence-electron chi connectivity index (χ3n) is 3.07. The summed E-state index contributed by atoms with van der Waals surface area (Å²) in [4.78, 5) is 10.7. The first kappa shape index (κ1) is 12.5. The molecule has 0 spiro atoms. The summed E-state index contributed by atoms with van der Waals surface area (Å²) in [7, 11) is 0. The minimum atomic E-state index is -1.13. The molecule has 0 fully saturated rings. The monoisotopic (exact) mass is 240 g/mol.